The molecule has 0 saturated heterocycles. The first-order valence-corrected chi connectivity index (χ1v) is 20.2. The summed E-state index contributed by atoms with van der Waals surface area (Å²) in [5.74, 6) is 3.37. The zero-order valence-electron chi connectivity index (χ0n) is 31.6. The first kappa shape index (κ1) is 40.3. The molecule has 50 heavy (non-hydrogen) atoms. The zero-order chi connectivity index (χ0) is 36.0. The number of carbonyl (C=O) groups excluding carboxylic acids is 2. The summed E-state index contributed by atoms with van der Waals surface area (Å²) in [5.41, 5.74) is 3.03. The summed E-state index contributed by atoms with van der Waals surface area (Å²) in [7, 11) is 0. The minimum absolute atomic E-state index is 0.00242. The van der Waals surface area contributed by atoms with Gasteiger partial charge < -0.3 is 19.7 Å². The van der Waals surface area contributed by atoms with Crippen LogP contribution in [0.25, 0.3) is 0 Å². The molecule has 2 unspecified atom stereocenters. The van der Waals surface area contributed by atoms with E-state index in [0.29, 0.717) is 11.8 Å². The lowest BCUT2D eigenvalue weighted by Crippen LogP contribution is -2.26. The fourth-order valence-electron chi connectivity index (χ4n) is 8.98. The Balaban J connectivity index is 1.18. The number of unbranched alkanes of at least 4 members (excludes halogenated alkanes) is 2. The smallest absolute Gasteiger partial charge is 0.336 e. The normalized spacial score (nSPS) is 27.5. The molecule has 2 atom stereocenters. The van der Waals surface area contributed by atoms with E-state index < -0.39 is 24.1 Å². The predicted octanol–water partition coefficient (Wildman–Crippen LogP) is 9.98. The van der Waals surface area contributed by atoms with Crippen molar-refractivity contribution < 1.29 is 29.3 Å². The second kappa shape index (κ2) is 20.6. The highest BCUT2D eigenvalue weighted by Crippen LogP contribution is 2.45. The van der Waals surface area contributed by atoms with Crippen LogP contribution >= 0.6 is 0 Å². The van der Waals surface area contributed by atoms with Crippen molar-refractivity contribution >= 4 is 11.9 Å². The van der Waals surface area contributed by atoms with Gasteiger partial charge in [0.25, 0.3) is 0 Å². The summed E-state index contributed by atoms with van der Waals surface area (Å²) in [6.45, 7) is 12.6. The van der Waals surface area contributed by atoms with Crippen LogP contribution in [-0.2, 0) is 19.1 Å². The molecule has 280 valence electrons. The number of aliphatic hydroxyl groups is 2. The molecule has 0 aliphatic heterocycles. The van der Waals surface area contributed by atoms with E-state index in [9.17, 15) is 19.8 Å². The molecule has 2 N–H and O–H groups in total. The van der Waals surface area contributed by atoms with Gasteiger partial charge in [-0.15, -0.1) is 0 Å². The summed E-state index contributed by atoms with van der Waals surface area (Å²) < 4.78 is 10.8. The van der Waals surface area contributed by atoms with Crippen molar-refractivity contribution in [3.8, 4) is 0 Å². The summed E-state index contributed by atoms with van der Waals surface area (Å²) in [5, 5.41) is 19.3. The van der Waals surface area contributed by atoms with E-state index in [1.807, 2.05) is 0 Å². The van der Waals surface area contributed by atoms with E-state index in [1.165, 1.54) is 109 Å². The van der Waals surface area contributed by atoms with Gasteiger partial charge in [-0.3, -0.25) is 0 Å². The molecular formula is C44H68O6. The maximum absolute atomic E-state index is 12.3. The minimum Gasteiger partial charge on any atom is -0.462 e. The summed E-state index contributed by atoms with van der Waals surface area (Å²) in [6, 6.07) is 9.68. The van der Waals surface area contributed by atoms with Crippen LogP contribution in [0.4, 0.5) is 0 Å². The second-order valence-corrected chi connectivity index (χ2v) is 16.3. The van der Waals surface area contributed by atoms with E-state index in [0.717, 1.165) is 49.4 Å². The number of rotatable bonds is 18. The monoisotopic (exact) mass is 693 g/mol. The average Bonchev–Trinajstić information content (AvgIpc) is 3.14. The van der Waals surface area contributed by atoms with Crippen LogP contribution in [0.5, 0.6) is 0 Å². The molecular weight excluding hydrogens is 624 g/mol. The maximum atomic E-state index is 12.3. The van der Waals surface area contributed by atoms with Gasteiger partial charge in [-0.05, 0) is 138 Å². The van der Waals surface area contributed by atoms with Gasteiger partial charge in [-0.2, -0.15) is 0 Å². The second-order valence-electron chi connectivity index (χ2n) is 16.3. The third kappa shape index (κ3) is 12.4. The van der Waals surface area contributed by atoms with E-state index >= 15 is 0 Å². The topological polar surface area (TPSA) is 93.1 Å². The van der Waals surface area contributed by atoms with Crippen LogP contribution < -0.4 is 0 Å². The van der Waals surface area contributed by atoms with Gasteiger partial charge in [0, 0.05) is 5.92 Å². The number of aliphatic hydroxyl groups excluding tert-OH is 2. The van der Waals surface area contributed by atoms with Crippen LogP contribution in [0.2, 0.25) is 0 Å². The van der Waals surface area contributed by atoms with Gasteiger partial charge in [0.05, 0.1) is 36.6 Å². The molecule has 0 bridgehead atoms. The molecule has 0 spiro atoms. The molecule has 1 aromatic rings. The standard InChI is InChI=1S/C44H68O6/c1-6-7-8-9-34-12-16-37(17-13-34)39-20-24-41(25-21-39)42-26-22-40(23-27-42)38-18-14-35(15-19-38)10-11-36(28-49-43(47)30(2)32(4)45)29-50-44(48)31(3)33(5)46/h22-23,26-27,32-39,41,45-46H,2-3,6-21,24-25,28-29H2,1,4-5H3. The van der Waals surface area contributed by atoms with Gasteiger partial charge in [0.2, 0.25) is 0 Å². The lowest BCUT2D eigenvalue weighted by molar-refractivity contribution is -0.145. The Labute approximate surface area is 303 Å². The van der Waals surface area contributed by atoms with Crippen molar-refractivity contribution in [1.82, 2.24) is 0 Å². The number of ether oxygens (including phenoxy) is 2. The van der Waals surface area contributed by atoms with E-state index in [-0.39, 0.29) is 30.3 Å². The van der Waals surface area contributed by atoms with Crippen LogP contribution in [0.1, 0.15) is 159 Å². The molecule has 0 amide bonds. The molecule has 6 nitrogen and oxygen atoms in total. The Morgan fingerprint density at radius 3 is 1.50 bits per heavy atom. The quantitative estimate of drug-likeness (QED) is 0.0904. The molecule has 0 aromatic heterocycles. The summed E-state index contributed by atoms with van der Waals surface area (Å²) in [4.78, 5) is 24.6. The van der Waals surface area contributed by atoms with Gasteiger partial charge in [0.15, 0.2) is 0 Å². The fourth-order valence-corrected chi connectivity index (χ4v) is 8.98. The van der Waals surface area contributed by atoms with Crippen molar-refractivity contribution in [2.75, 3.05) is 13.2 Å². The van der Waals surface area contributed by atoms with Crippen molar-refractivity contribution in [3.05, 3.63) is 59.7 Å². The minimum atomic E-state index is -0.987. The summed E-state index contributed by atoms with van der Waals surface area (Å²) >= 11 is 0. The molecule has 3 aliphatic rings. The zero-order valence-corrected chi connectivity index (χ0v) is 31.6. The van der Waals surface area contributed by atoms with Crippen molar-refractivity contribution in [2.45, 2.75) is 160 Å². The molecule has 0 radical (unpaired) electrons. The van der Waals surface area contributed by atoms with Crippen molar-refractivity contribution in [3.63, 3.8) is 0 Å². The first-order chi connectivity index (χ1) is 24.0. The molecule has 6 heteroatoms. The number of hydrogen-bond donors (Lipinski definition) is 2. The van der Waals surface area contributed by atoms with Crippen LogP contribution in [0.3, 0.4) is 0 Å². The molecule has 3 saturated carbocycles. The Bertz CT molecular complexity index is 1160. The van der Waals surface area contributed by atoms with E-state index in [1.54, 1.807) is 5.56 Å². The first-order valence-electron chi connectivity index (χ1n) is 20.2. The van der Waals surface area contributed by atoms with Gasteiger partial charge in [-0.25, -0.2) is 9.59 Å². The third-order valence-corrected chi connectivity index (χ3v) is 12.7. The molecule has 1 aromatic carbocycles. The van der Waals surface area contributed by atoms with E-state index in [2.05, 4.69) is 44.3 Å². The number of esters is 2. The van der Waals surface area contributed by atoms with Crippen LogP contribution in [0.15, 0.2) is 48.6 Å². The Hall–Kier alpha value is -2.44. The molecule has 4 rings (SSSR count). The van der Waals surface area contributed by atoms with Crippen LogP contribution in [0, 0.1) is 29.6 Å². The largest absolute Gasteiger partial charge is 0.462 e. The molecule has 0 heterocycles. The third-order valence-electron chi connectivity index (χ3n) is 12.7. The Morgan fingerprint density at radius 1 is 0.660 bits per heavy atom. The Kier molecular flexibility index (Phi) is 16.6. The highest BCUT2D eigenvalue weighted by molar-refractivity contribution is 5.89. The number of benzene rings is 1. The Morgan fingerprint density at radius 2 is 1.06 bits per heavy atom. The molecule has 3 aliphatic carbocycles. The predicted molar refractivity (Wildman–Crippen MR) is 202 cm³/mol. The highest BCUT2D eigenvalue weighted by Gasteiger charge is 2.32. The van der Waals surface area contributed by atoms with Crippen molar-refractivity contribution in [2.24, 2.45) is 29.6 Å². The average molecular weight is 693 g/mol. The fraction of sp³-hybridized carbons (Fsp3) is 0.727. The lowest BCUT2D eigenvalue weighted by Gasteiger charge is -2.38. The number of hydrogen-bond acceptors (Lipinski definition) is 6. The number of carbonyl (C=O) groups is 2. The maximum Gasteiger partial charge on any atom is 0.336 e. The van der Waals surface area contributed by atoms with Crippen LogP contribution in [-0.4, -0.2) is 47.6 Å². The van der Waals surface area contributed by atoms with Gasteiger partial charge >= 0.3 is 11.9 Å². The van der Waals surface area contributed by atoms with Gasteiger partial charge in [-0.1, -0.05) is 82.9 Å². The summed E-state index contributed by atoms with van der Waals surface area (Å²) in [6.07, 6.45) is 21.5. The SMILES string of the molecule is C=C(C(=O)OCC(CCC1CCC(c2ccc(C3CCC(C4CCC(CCCCC)CC4)CC3)cc2)CC1)COC(=O)C(=C)C(C)O)C(C)O. The van der Waals surface area contributed by atoms with Crippen molar-refractivity contribution in [1.29, 1.82) is 0 Å². The van der Waals surface area contributed by atoms with E-state index in [4.69, 9.17) is 9.47 Å². The highest BCUT2D eigenvalue weighted by atomic mass is 16.5. The lowest BCUT2D eigenvalue weighted by atomic mass is 9.68. The van der Waals surface area contributed by atoms with Gasteiger partial charge in [0.1, 0.15) is 0 Å². The molecule has 3 fully saturated rings.